The van der Waals surface area contributed by atoms with Gasteiger partial charge in [0.25, 0.3) is 0 Å². The molecular formula is C26H28N2O2S. The molecule has 5 heteroatoms. The van der Waals surface area contributed by atoms with E-state index in [1.165, 1.54) is 11.1 Å². The minimum Gasteiger partial charge on any atom is -0.379 e. The number of rotatable bonds is 8. The third-order valence-corrected chi connectivity index (χ3v) is 6.67. The van der Waals surface area contributed by atoms with Crippen LogP contribution in [0, 0.1) is 0 Å². The summed E-state index contributed by atoms with van der Waals surface area (Å²) in [4.78, 5) is 16.8. The van der Waals surface area contributed by atoms with E-state index in [-0.39, 0.29) is 11.2 Å². The van der Waals surface area contributed by atoms with E-state index in [1.807, 2.05) is 66.7 Å². The first-order valence-corrected chi connectivity index (χ1v) is 11.6. The van der Waals surface area contributed by atoms with Crippen molar-refractivity contribution < 1.29 is 9.53 Å². The maximum atomic E-state index is 13.3. The van der Waals surface area contributed by atoms with Gasteiger partial charge in [0.1, 0.15) is 5.25 Å². The normalized spacial score (nSPS) is 15.4. The van der Waals surface area contributed by atoms with Crippen LogP contribution in [0.5, 0.6) is 0 Å². The summed E-state index contributed by atoms with van der Waals surface area (Å²) in [6, 6.07) is 28.5. The largest absolute Gasteiger partial charge is 0.379 e. The number of hydrogen-bond donors (Lipinski definition) is 1. The Bertz CT molecular complexity index is 959. The van der Waals surface area contributed by atoms with Gasteiger partial charge in [0, 0.05) is 31.1 Å². The van der Waals surface area contributed by atoms with Crippen molar-refractivity contribution in [2.75, 3.05) is 26.3 Å². The number of amides is 1. The molecule has 0 radical (unpaired) electrons. The van der Waals surface area contributed by atoms with Crippen LogP contribution in [0.25, 0.3) is 0 Å². The number of carbonyl (C=O) groups is 1. The summed E-state index contributed by atoms with van der Waals surface area (Å²) >= 11 is 1.58. The van der Waals surface area contributed by atoms with Gasteiger partial charge in [0.05, 0.1) is 13.2 Å². The standard InChI is InChI=1S/C26H28N2O2S/c29-26(25(21-9-3-1-4-10-21)31-24-13-5-2-6-14-24)27-19-22-11-7-8-12-23(22)20-28-15-17-30-18-16-28/h1-14,25H,15-20H2,(H,27,29)/t25-/m1/s1. The van der Waals surface area contributed by atoms with Crippen LogP contribution in [-0.4, -0.2) is 37.1 Å². The summed E-state index contributed by atoms with van der Waals surface area (Å²) in [6.07, 6.45) is 0. The number of hydrogen-bond acceptors (Lipinski definition) is 4. The first-order chi connectivity index (χ1) is 15.3. The highest BCUT2D eigenvalue weighted by atomic mass is 32.2. The smallest absolute Gasteiger partial charge is 0.238 e. The topological polar surface area (TPSA) is 41.6 Å². The maximum Gasteiger partial charge on any atom is 0.238 e. The van der Waals surface area contributed by atoms with Crippen molar-refractivity contribution in [3.05, 3.63) is 102 Å². The second-order valence-corrected chi connectivity index (χ2v) is 8.78. The van der Waals surface area contributed by atoms with Gasteiger partial charge in [0.2, 0.25) is 5.91 Å². The summed E-state index contributed by atoms with van der Waals surface area (Å²) in [5.41, 5.74) is 3.44. The Hall–Kier alpha value is -2.60. The first kappa shape index (κ1) is 21.6. The Balaban J connectivity index is 1.45. The highest BCUT2D eigenvalue weighted by Gasteiger charge is 2.22. The van der Waals surface area contributed by atoms with Crippen molar-refractivity contribution in [2.24, 2.45) is 0 Å². The molecule has 1 amide bonds. The van der Waals surface area contributed by atoms with Crippen LogP contribution >= 0.6 is 11.8 Å². The zero-order chi connectivity index (χ0) is 21.3. The molecule has 0 aromatic heterocycles. The zero-order valence-corrected chi connectivity index (χ0v) is 18.4. The molecule has 0 aliphatic carbocycles. The summed E-state index contributed by atoms with van der Waals surface area (Å²) in [5, 5.41) is 2.90. The van der Waals surface area contributed by atoms with E-state index in [9.17, 15) is 4.79 Å². The monoisotopic (exact) mass is 432 g/mol. The quantitative estimate of drug-likeness (QED) is 0.525. The molecule has 3 aromatic rings. The zero-order valence-electron chi connectivity index (χ0n) is 17.6. The molecule has 3 aromatic carbocycles. The van der Waals surface area contributed by atoms with Gasteiger partial charge in [-0.2, -0.15) is 0 Å². The van der Waals surface area contributed by atoms with Crippen LogP contribution in [0.4, 0.5) is 0 Å². The van der Waals surface area contributed by atoms with Crippen molar-refractivity contribution in [3.8, 4) is 0 Å². The lowest BCUT2D eigenvalue weighted by Gasteiger charge is -2.27. The molecule has 0 spiro atoms. The average Bonchev–Trinajstić information content (AvgIpc) is 2.84. The molecule has 1 atom stereocenters. The Labute approximate surface area is 188 Å². The summed E-state index contributed by atoms with van der Waals surface area (Å²) in [7, 11) is 0. The van der Waals surface area contributed by atoms with Crippen molar-refractivity contribution >= 4 is 17.7 Å². The number of ether oxygens (including phenoxy) is 1. The van der Waals surface area contributed by atoms with Gasteiger partial charge in [-0.1, -0.05) is 72.8 Å². The molecule has 1 fully saturated rings. The van der Waals surface area contributed by atoms with E-state index < -0.39 is 0 Å². The van der Waals surface area contributed by atoms with Gasteiger partial charge in [0.15, 0.2) is 0 Å². The van der Waals surface area contributed by atoms with Crippen LogP contribution in [0.1, 0.15) is 21.9 Å². The summed E-state index contributed by atoms with van der Waals surface area (Å²) in [6.45, 7) is 4.88. The van der Waals surface area contributed by atoms with E-state index in [2.05, 4.69) is 28.4 Å². The predicted octanol–water partition coefficient (Wildman–Crippen LogP) is 4.67. The van der Waals surface area contributed by atoms with Gasteiger partial charge in [-0.15, -0.1) is 11.8 Å². The Kier molecular flexibility index (Phi) is 7.77. The third kappa shape index (κ3) is 6.20. The van der Waals surface area contributed by atoms with E-state index in [1.54, 1.807) is 11.8 Å². The van der Waals surface area contributed by atoms with Crippen LogP contribution in [0.2, 0.25) is 0 Å². The molecule has 0 saturated carbocycles. The van der Waals surface area contributed by atoms with E-state index in [4.69, 9.17) is 4.74 Å². The molecule has 4 nitrogen and oxygen atoms in total. The first-order valence-electron chi connectivity index (χ1n) is 10.7. The van der Waals surface area contributed by atoms with Crippen molar-refractivity contribution in [1.82, 2.24) is 10.2 Å². The predicted molar refractivity (Wildman–Crippen MR) is 126 cm³/mol. The molecule has 1 heterocycles. The van der Waals surface area contributed by atoms with Gasteiger partial charge in [-0.05, 0) is 28.8 Å². The highest BCUT2D eigenvalue weighted by Crippen LogP contribution is 2.35. The molecule has 1 N–H and O–H groups in total. The molecule has 0 unspecified atom stereocenters. The Morgan fingerprint density at radius 2 is 1.48 bits per heavy atom. The van der Waals surface area contributed by atoms with Crippen LogP contribution < -0.4 is 5.32 Å². The number of nitrogens with zero attached hydrogens (tertiary/aromatic N) is 1. The molecule has 1 aliphatic heterocycles. The van der Waals surface area contributed by atoms with Crippen LogP contribution in [-0.2, 0) is 22.6 Å². The lowest BCUT2D eigenvalue weighted by molar-refractivity contribution is -0.120. The molecule has 4 rings (SSSR count). The van der Waals surface area contributed by atoms with Gasteiger partial charge in [-0.3, -0.25) is 9.69 Å². The van der Waals surface area contributed by atoms with Crippen molar-refractivity contribution in [1.29, 1.82) is 0 Å². The number of thioether (sulfide) groups is 1. The molecule has 1 saturated heterocycles. The second-order valence-electron chi connectivity index (χ2n) is 7.60. The SMILES string of the molecule is O=C(NCc1ccccc1CN1CCOCC1)[C@H](Sc1ccccc1)c1ccccc1. The minimum absolute atomic E-state index is 0.0289. The highest BCUT2D eigenvalue weighted by molar-refractivity contribution is 8.00. The Morgan fingerprint density at radius 3 is 2.19 bits per heavy atom. The lowest BCUT2D eigenvalue weighted by atomic mass is 10.1. The molecule has 31 heavy (non-hydrogen) atoms. The van der Waals surface area contributed by atoms with E-state index >= 15 is 0 Å². The van der Waals surface area contributed by atoms with Crippen molar-refractivity contribution in [3.63, 3.8) is 0 Å². The number of benzene rings is 3. The third-order valence-electron chi connectivity index (χ3n) is 5.41. The Morgan fingerprint density at radius 1 is 0.871 bits per heavy atom. The molecular weight excluding hydrogens is 404 g/mol. The van der Waals surface area contributed by atoms with Gasteiger partial charge in [-0.25, -0.2) is 0 Å². The summed E-state index contributed by atoms with van der Waals surface area (Å²) in [5.74, 6) is 0.0289. The van der Waals surface area contributed by atoms with Crippen LogP contribution in [0.3, 0.4) is 0 Å². The number of carbonyl (C=O) groups excluding carboxylic acids is 1. The fourth-order valence-corrected chi connectivity index (χ4v) is 4.77. The average molecular weight is 433 g/mol. The molecule has 160 valence electrons. The van der Waals surface area contributed by atoms with Gasteiger partial charge >= 0.3 is 0 Å². The van der Waals surface area contributed by atoms with Crippen LogP contribution in [0.15, 0.2) is 89.8 Å². The minimum atomic E-state index is -0.296. The van der Waals surface area contributed by atoms with E-state index in [0.717, 1.165) is 43.3 Å². The number of morpholine rings is 1. The van der Waals surface area contributed by atoms with Gasteiger partial charge < -0.3 is 10.1 Å². The fraction of sp³-hybridized carbons (Fsp3) is 0.269. The number of nitrogens with one attached hydrogen (secondary N) is 1. The summed E-state index contributed by atoms with van der Waals surface area (Å²) < 4.78 is 5.46. The molecule has 0 bridgehead atoms. The van der Waals surface area contributed by atoms with Crippen molar-refractivity contribution in [2.45, 2.75) is 23.2 Å². The maximum absolute atomic E-state index is 13.3. The van der Waals surface area contributed by atoms with E-state index in [0.29, 0.717) is 6.54 Å². The lowest BCUT2D eigenvalue weighted by Crippen LogP contribution is -2.36. The molecule has 1 aliphatic rings. The second kappa shape index (κ2) is 11.1. The fourth-order valence-electron chi connectivity index (χ4n) is 3.70.